The maximum Gasteiger partial charge on any atom is 0.367 e. The van der Waals surface area contributed by atoms with Crippen LogP contribution in [-0.4, -0.2) is 16.7 Å². The van der Waals surface area contributed by atoms with Crippen LogP contribution in [0.1, 0.15) is 149 Å². The number of thioether (sulfide) groups is 1. The smallest absolute Gasteiger partial charge is 0.367 e. The van der Waals surface area contributed by atoms with Gasteiger partial charge in [-0.3, -0.25) is 0 Å². The Balaban J connectivity index is 1.16. The lowest BCUT2D eigenvalue weighted by Gasteiger charge is -2.58. The summed E-state index contributed by atoms with van der Waals surface area (Å²) in [6, 6.07) is 0. The largest absolute Gasteiger partial charge is 0.454 e. The van der Waals surface area contributed by atoms with E-state index in [1.54, 1.807) is 5.57 Å². The van der Waals surface area contributed by atoms with Crippen molar-refractivity contribution < 1.29 is 9.53 Å². The highest BCUT2D eigenvalue weighted by atomic mass is 32.2. The molecule has 5 aliphatic rings. The average molecular weight is 529 g/mol. The van der Waals surface area contributed by atoms with Crippen molar-refractivity contribution in [1.82, 2.24) is 0 Å². The molecule has 0 heterocycles. The number of ether oxygens (including phenoxy) is 1. The molecule has 5 rings (SSSR count). The summed E-state index contributed by atoms with van der Waals surface area (Å²) in [6.07, 6.45) is 29.6. The molecular weight excluding hydrogens is 472 g/mol. The molecule has 0 radical (unpaired) electrons. The highest BCUT2D eigenvalue weighted by Gasteiger charge is 2.58. The quantitative estimate of drug-likeness (QED) is 0.169. The van der Waals surface area contributed by atoms with Crippen LogP contribution in [0.4, 0.5) is 4.79 Å². The predicted octanol–water partition coefficient (Wildman–Crippen LogP) is 10.9. The Labute approximate surface area is 232 Å². The molecule has 4 fully saturated rings. The third-order valence-electron chi connectivity index (χ3n) is 12.2. The first-order chi connectivity index (χ1) is 17.9. The summed E-state index contributed by atoms with van der Waals surface area (Å²) >= 11 is 1.52. The second-order valence-corrected chi connectivity index (χ2v) is 15.5. The Bertz CT molecular complexity index is 800. The van der Waals surface area contributed by atoms with Crippen molar-refractivity contribution in [3.63, 3.8) is 0 Å². The molecule has 7 atom stereocenters. The van der Waals surface area contributed by atoms with Crippen molar-refractivity contribution in [2.24, 2.45) is 34.5 Å². The van der Waals surface area contributed by atoms with Gasteiger partial charge in [-0.05, 0) is 130 Å². The Morgan fingerprint density at radius 2 is 1.70 bits per heavy atom. The van der Waals surface area contributed by atoms with Gasteiger partial charge in [0.05, 0.1) is 0 Å². The molecule has 0 aromatic heterocycles. The Morgan fingerprint density at radius 1 is 0.919 bits per heavy atom. The third-order valence-corrected chi connectivity index (χ3v) is 13.3. The minimum atomic E-state index is 0.00517. The second kappa shape index (κ2) is 12.4. The first-order valence-corrected chi connectivity index (χ1v) is 17.4. The Kier molecular flexibility index (Phi) is 9.41. The minimum Gasteiger partial charge on any atom is -0.454 e. The van der Waals surface area contributed by atoms with Crippen molar-refractivity contribution in [2.45, 2.75) is 161 Å². The van der Waals surface area contributed by atoms with E-state index in [2.05, 4.69) is 26.8 Å². The number of carbonyl (C=O) groups is 1. The highest BCUT2D eigenvalue weighted by Crippen LogP contribution is 2.67. The second-order valence-electron chi connectivity index (χ2n) is 14.2. The van der Waals surface area contributed by atoms with E-state index in [-0.39, 0.29) is 11.4 Å². The molecule has 0 aromatic carbocycles. The van der Waals surface area contributed by atoms with E-state index in [4.69, 9.17) is 4.74 Å². The summed E-state index contributed by atoms with van der Waals surface area (Å²) in [6.45, 7) is 7.64. The molecule has 3 heteroatoms. The van der Waals surface area contributed by atoms with Gasteiger partial charge >= 0.3 is 5.30 Å². The van der Waals surface area contributed by atoms with Crippen LogP contribution in [0.15, 0.2) is 11.6 Å². The molecular formula is C34H56O2S. The summed E-state index contributed by atoms with van der Waals surface area (Å²) in [7, 11) is 0. The molecule has 0 bridgehead atoms. The molecule has 0 aliphatic heterocycles. The van der Waals surface area contributed by atoms with Crippen LogP contribution < -0.4 is 0 Å². The monoisotopic (exact) mass is 528 g/mol. The van der Waals surface area contributed by atoms with E-state index in [1.807, 2.05) is 0 Å². The van der Waals surface area contributed by atoms with Gasteiger partial charge < -0.3 is 4.74 Å². The third kappa shape index (κ3) is 6.02. The Hall–Kier alpha value is -0.440. The van der Waals surface area contributed by atoms with E-state index >= 15 is 0 Å². The molecule has 0 unspecified atom stereocenters. The summed E-state index contributed by atoms with van der Waals surface area (Å²) in [5, 5.41) is 0.430. The molecule has 210 valence electrons. The van der Waals surface area contributed by atoms with Crippen LogP contribution in [0, 0.1) is 34.5 Å². The number of rotatable bonds is 9. The highest BCUT2D eigenvalue weighted by molar-refractivity contribution is 8.13. The van der Waals surface area contributed by atoms with Crippen molar-refractivity contribution >= 4 is 17.1 Å². The summed E-state index contributed by atoms with van der Waals surface area (Å²) in [4.78, 5) is 12.7. The van der Waals surface area contributed by atoms with Crippen LogP contribution in [0.25, 0.3) is 0 Å². The lowest BCUT2D eigenvalue weighted by atomic mass is 9.47. The van der Waals surface area contributed by atoms with Gasteiger partial charge in [0.2, 0.25) is 0 Å². The van der Waals surface area contributed by atoms with Crippen molar-refractivity contribution in [3.8, 4) is 0 Å². The average Bonchev–Trinajstić information content (AvgIpc) is 3.23. The zero-order valence-electron chi connectivity index (χ0n) is 24.4. The first kappa shape index (κ1) is 28.1. The van der Waals surface area contributed by atoms with Gasteiger partial charge in [-0.25, -0.2) is 4.79 Å². The fraction of sp³-hybridized carbons (Fsp3) is 0.912. The van der Waals surface area contributed by atoms with Crippen molar-refractivity contribution in [3.05, 3.63) is 11.6 Å². The van der Waals surface area contributed by atoms with Gasteiger partial charge in [0.15, 0.2) is 0 Å². The normalized spacial score (nSPS) is 39.9. The van der Waals surface area contributed by atoms with Crippen molar-refractivity contribution in [2.75, 3.05) is 0 Å². The molecule has 5 aliphatic carbocycles. The van der Waals surface area contributed by atoms with E-state index < -0.39 is 0 Å². The zero-order valence-corrected chi connectivity index (χ0v) is 25.2. The predicted molar refractivity (Wildman–Crippen MR) is 158 cm³/mol. The molecule has 0 spiro atoms. The van der Waals surface area contributed by atoms with Crippen LogP contribution in [0.5, 0.6) is 0 Å². The van der Waals surface area contributed by atoms with Gasteiger partial charge in [0.1, 0.15) is 6.10 Å². The topological polar surface area (TPSA) is 26.3 Å². The molecule has 0 amide bonds. The minimum absolute atomic E-state index is 0.00517. The maximum absolute atomic E-state index is 12.7. The fourth-order valence-electron chi connectivity index (χ4n) is 9.97. The van der Waals surface area contributed by atoms with Crippen LogP contribution >= 0.6 is 11.8 Å². The number of hydrogen-bond acceptors (Lipinski definition) is 3. The molecule has 0 N–H and O–H groups in total. The number of hydrogen-bond donors (Lipinski definition) is 0. The number of fused-ring (bicyclic) bond motifs is 5. The van der Waals surface area contributed by atoms with E-state index in [9.17, 15) is 4.79 Å². The van der Waals surface area contributed by atoms with Gasteiger partial charge in [0, 0.05) is 5.25 Å². The molecule has 37 heavy (non-hydrogen) atoms. The summed E-state index contributed by atoms with van der Waals surface area (Å²) in [5.74, 6) is 3.70. The maximum atomic E-state index is 12.7. The molecule has 0 aromatic rings. The van der Waals surface area contributed by atoms with Crippen LogP contribution in [-0.2, 0) is 4.74 Å². The van der Waals surface area contributed by atoms with Gasteiger partial charge in [-0.1, -0.05) is 77.4 Å². The number of unbranched alkanes of at least 4 members (excludes halogenated alkanes) is 5. The summed E-state index contributed by atoms with van der Waals surface area (Å²) in [5.41, 5.74) is 2.68. The van der Waals surface area contributed by atoms with Gasteiger partial charge in [0.25, 0.3) is 0 Å². The zero-order chi connectivity index (χ0) is 25.9. The first-order valence-electron chi connectivity index (χ1n) is 16.5. The van der Waals surface area contributed by atoms with E-state index in [0.717, 1.165) is 42.9 Å². The number of allylic oxidation sites excluding steroid dienone is 2. The van der Waals surface area contributed by atoms with Crippen LogP contribution in [0.3, 0.4) is 0 Å². The lowest BCUT2D eigenvalue weighted by molar-refractivity contribution is -0.0422. The fourth-order valence-corrected chi connectivity index (χ4v) is 10.9. The molecule has 2 nitrogen and oxygen atoms in total. The lowest BCUT2D eigenvalue weighted by Crippen LogP contribution is -2.50. The molecule has 4 saturated carbocycles. The van der Waals surface area contributed by atoms with E-state index in [0.29, 0.717) is 16.1 Å². The van der Waals surface area contributed by atoms with Gasteiger partial charge in [-0.2, -0.15) is 0 Å². The SMILES string of the molecule is CCCCCCCC[C@@H]1CC[C@@H]2[C@H]3CC=C4C[C@H](SC(=O)OC5CCCCC5)CC[C@]4(C)[C@@H]3CC[C@@]12C. The van der Waals surface area contributed by atoms with E-state index in [1.165, 1.54) is 121 Å². The summed E-state index contributed by atoms with van der Waals surface area (Å²) < 4.78 is 5.87. The standard InChI is InChI=1S/C34H56O2S/c1-4-5-6-7-8-10-13-25-17-19-30-29-18-16-26-24-28(37-32(35)36-27-14-11-9-12-15-27)20-22-34(26,3)31(29)21-23-33(25,30)2/h16,25,27-31H,4-15,17-24H2,1-3H3/t25-,28-,29-,30-,31-,33+,34+/m1/s1. The van der Waals surface area contributed by atoms with Crippen molar-refractivity contribution in [1.29, 1.82) is 0 Å². The Morgan fingerprint density at radius 3 is 2.51 bits per heavy atom. The van der Waals surface area contributed by atoms with Crippen LogP contribution in [0.2, 0.25) is 0 Å². The number of carbonyl (C=O) groups excluding carboxylic acids is 1. The molecule has 0 saturated heterocycles. The van der Waals surface area contributed by atoms with Gasteiger partial charge in [-0.15, -0.1) is 0 Å².